The largest absolute Gasteiger partial charge is 0.495 e. The van der Waals surface area contributed by atoms with Crippen molar-refractivity contribution < 1.29 is 9.13 Å². The summed E-state index contributed by atoms with van der Waals surface area (Å²) in [5, 5.41) is 0. The molecule has 0 bridgehead atoms. The molecule has 0 radical (unpaired) electrons. The lowest BCUT2D eigenvalue weighted by Crippen LogP contribution is -1.91. The number of benzene rings is 1. The van der Waals surface area contributed by atoms with Crippen molar-refractivity contribution in [2.75, 3.05) is 7.11 Å². The maximum absolute atomic E-state index is 12.8. The van der Waals surface area contributed by atoms with E-state index in [1.807, 2.05) is 0 Å². The molecule has 3 heteroatoms. The Morgan fingerprint density at radius 3 is 2.55 bits per heavy atom. The molecule has 0 spiro atoms. The van der Waals surface area contributed by atoms with E-state index < -0.39 is 0 Å². The monoisotopic (exact) mass is 172 g/mol. The summed E-state index contributed by atoms with van der Waals surface area (Å²) in [5.74, 6) is 0.244. The molecular weight excluding hydrogens is 163 g/mol. The summed E-state index contributed by atoms with van der Waals surface area (Å²) in [6.45, 7) is 1.66. The number of rotatable bonds is 1. The molecule has 0 aliphatic heterocycles. The maximum Gasteiger partial charge on any atom is 0.137 e. The highest BCUT2D eigenvalue weighted by atomic mass is 32.1. The summed E-state index contributed by atoms with van der Waals surface area (Å²) >= 11 is 4.10. The standard InChI is InChI=1S/C8H9FOS/c1-5-6(9)3-4-7(11)8(5)10-2/h3-4,11H,1-2H3. The number of ether oxygens (including phenoxy) is 1. The van der Waals surface area contributed by atoms with Gasteiger partial charge in [0.05, 0.1) is 7.11 Å². The van der Waals surface area contributed by atoms with Crippen molar-refractivity contribution in [3.8, 4) is 5.75 Å². The predicted molar refractivity (Wildman–Crippen MR) is 44.9 cm³/mol. The highest BCUT2D eigenvalue weighted by Gasteiger charge is 2.06. The fraction of sp³-hybridized carbons (Fsp3) is 0.250. The van der Waals surface area contributed by atoms with Gasteiger partial charge >= 0.3 is 0 Å². The summed E-state index contributed by atoms with van der Waals surface area (Å²) in [7, 11) is 1.50. The lowest BCUT2D eigenvalue weighted by molar-refractivity contribution is 0.397. The zero-order valence-corrected chi connectivity index (χ0v) is 7.28. The first-order valence-electron chi connectivity index (χ1n) is 3.19. The smallest absolute Gasteiger partial charge is 0.137 e. The Morgan fingerprint density at radius 2 is 2.09 bits per heavy atom. The van der Waals surface area contributed by atoms with E-state index in [4.69, 9.17) is 4.74 Å². The van der Waals surface area contributed by atoms with Crippen molar-refractivity contribution >= 4 is 12.6 Å². The minimum absolute atomic E-state index is 0.264. The molecule has 0 heterocycles. The minimum atomic E-state index is -0.264. The Kier molecular flexibility index (Phi) is 2.39. The molecule has 0 fully saturated rings. The molecule has 0 N–H and O–H groups in total. The van der Waals surface area contributed by atoms with Crippen LogP contribution in [0.3, 0.4) is 0 Å². The van der Waals surface area contributed by atoms with E-state index in [2.05, 4.69) is 12.6 Å². The topological polar surface area (TPSA) is 9.23 Å². The first kappa shape index (κ1) is 8.40. The molecule has 1 aromatic rings. The van der Waals surface area contributed by atoms with Crippen molar-refractivity contribution in [3.05, 3.63) is 23.5 Å². The first-order chi connectivity index (χ1) is 5.16. The Bertz CT molecular complexity index is 273. The van der Waals surface area contributed by atoms with Crippen LogP contribution in [0.5, 0.6) is 5.75 Å². The van der Waals surface area contributed by atoms with Crippen molar-refractivity contribution in [3.63, 3.8) is 0 Å². The Hall–Kier alpha value is -0.700. The van der Waals surface area contributed by atoms with E-state index >= 15 is 0 Å². The molecule has 1 aromatic carbocycles. The van der Waals surface area contributed by atoms with Crippen molar-refractivity contribution in [1.82, 2.24) is 0 Å². The molecule has 0 saturated carbocycles. The van der Waals surface area contributed by atoms with Crippen LogP contribution in [-0.2, 0) is 0 Å². The summed E-state index contributed by atoms with van der Waals surface area (Å²) in [6, 6.07) is 2.95. The summed E-state index contributed by atoms with van der Waals surface area (Å²) in [4.78, 5) is 0.659. The maximum atomic E-state index is 12.8. The van der Waals surface area contributed by atoms with Gasteiger partial charge in [0.1, 0.15) is 11.6 Å². The van der Waals surface area contributed by atoms with Gasteiger partial charge in [0.25, 0.3) is 0 Å². The quantitative estimate of drug-likeness (QED) is 0.640. The minimum Gasteiger partial charge on any atom is -0.495 e. The van der Waals surface area contributed by atoms with E-state index in [0.29, 0.717) is 16.2 Å². The number of methoxy groups -OCH3 is 1. The van der Waals surface area contributed by atoms with Gasteiger partial charge in [-0.2, -0.15) is 0 Å². The highest BCUT2D eigenvalue weighted by molar-refractivity contribution is 7.80. The predicted octanol–water partition coefficient (Wildman–Crippen LogP) is 2.43. The van der Waals surface area contributed by atoms with E-state index in [1.165, 1.54) is 13.2 Å². The molecule has 11 heavy (non-hydrogen) atoms. The van der Waals surface area contributed by atoms with E-state index in [-0.39, 0.29) is 5.82 Å². The van der Waals surface area contributed by atoms with Crippen LogP contribution in [0.1, 0.15) is 5.56 Å². The average molecular weight is 172 g/mol. The Balaban J connectivity index is 3.29. The van der Waals surface area contributed by atoms with Crippen LogP contribution in [0.25, 0.3) is 0 Å². The SMILES string of the molecule is COc1c(S)ccc(F)c1C. The molecule has 1 nitrogen and oxygen atoms in total. The summed E-state index contributed by atoms with van der Waals surface area (Å²) in [5.41, 5.74) is 0.500. The third kappa shape index (κ3) is 1.48. The lowest BCUT2D eigenvalue weighted by Gasteiger charge is -2.07. The van der Waals surface area contributed by atoms with Crippen molar-refractivity contribution in [1.29, 1.82) is 0 Å². The molecule has 0 amide bonds. The van der Waals surface area contributed by atoms with Gasteiger partial charge in [0, 0.05) is 10.5 Å². The summed E-state index contributed by atoms with van der Waals surface area (Å²) in [6.07, 6.45) is 0. The van der Waals surface area contributed by atoms with Gasteiger partial charge < -0.3 is 4.74 Å². The average Bonchev–Trinajstić information content (AvgIpc) is 1.99. The first-order valence-corrected chi connectivity index (χ1v) is 3.63. The van der Waals surface area contributed by atoms with Crippen LogP contribution in [0.15, 0.2) is 17.0 Å². The molecule has 0 aliphatic rings. The van der Waals surface area contributed by atoms with Crippen molar-refractivity contribution in [2.24, 2.45) is 0 Å². The second-order valence-electron chi connectivity index (χ2n) is 2.22. The van der Waals surface area contributed by atoms with Crippen molar-refractivity contribution in [2.45, 2.75) is 11.8 Å². The van der Waals surface area contributed by atoms with Gasteiger partial charge in [0.2, 0.25) is 0 Å². The van der Waals surface area contributed by atoms with Crippen LogP contribution in [0.2, 0.25) is 0 Å². The van der Waals surface area contributed by atoms with Crippen LogP contribution >= 0.6 is 12.6 Å². The van der Waals surface area contributed by atoms with Gasteiger partial charge in [0.15, 0.2) is 0 Å². The van der Waals surface area contributed by atoms with Gasteiger partial charge in [-0.25, -0.2) is 4.39 Å². The van der Waals surface area contributed by atoms with Crippen LogP contribution in [0.4, 0.5) is 4.39 Å². The molecular formula is C8H9FOS. The third-order valence-corrected chi connectivity index (χ3v) is 1.88. The lowest BCUT2D eigenvalue weighted by atomic mass is 10.2. The molecule has 0 saturated heterocycles. The van der Waals surface area contributed by atoms with E-state index in [0.717, 1.165) is 0 Å². The number of thiol groups is 1. The van der Waals surface area contributed by atoms with Gasteiger partial charge in [-0.1, -0.05) is 0 Å². The number of hydrogen-bond acceptors (Lipinski definition) is 2. The molecule has 60 valence electrons. The Morgan fingerprint density at radius 1 is 1.45 bits per heavy atom. The molecule has 0 aliphatic carbocycles. The molecule has 1 rings (SSSR count). The number of hydrogen-bond donors (Lipinski definition) is 1. The Labute approximate surface area is 70.6 Å². The second kappa shape index (κ2) is 3.13. The molecule has 0 unspecified atom stereocenters. The third-order valence-electron chi connectivity index (χ3n) is 1.52. The highest BCUT2D eigenvalue weighted by Crippen LogP contribution is 2.27. The van der Waals surface area contributed by atoms with Crippen LogP contribution < -0.4 is 4.74 Å². The fourth-order valence-corrected chi connectivity index (χ4v) is 1.24. The van der Waals surface area contributed by atoms with Crippen LogP contribution in [0, 0.1) is 12.7 Å². The fourth-order valence-electron chi connectivity index (χ4n) is 0.911. The van der Waals surface area contributed by atoms with Crippen LogP contribution in [-0.4, -0.2) is 7.11 Å². The number of halogens is 1. The second-order valence-corrected chi connectivity index (χ2v) is 2.71. The molecule has 0 atom stereocenters. The van der Waals surface area contributed by atoms with Gasteiger partial charge in [-0.15, -0.1) is 12.6 Å². The zero-order valence-electron chi connectivity index (χ0n) is 6.39. The summed E-state index contributed by atoms with van der Waals surface area (Å²) < 4.78 is 17.8. The van der Waals surface area contributed by atoms with E-state index in [9.17, 15) is 4.39 Å². The van der Waals surface area contributed by atoms with Gasteiger partial charge in [-0.05, 0) is 19.1 Å². The molecule has 0 aromatic heterocycles. The van der Waals surface area contributed by atoms with E-state index in [1.54, 1.807) is 13.0 Å². The van der Waals surface area contributed by atoms with Gasteiger partial charge in [-0.3, -0.25) is 0 Å². The normalized spacial score (nSPS) is 9.82. The zero-order chi connectivity index (χ0) is 8.43.